The Bertz CT molecular complexity index is 710. The molecule has 1 heterocycles. The van der Waals surface area contributed by atoms with Crippen LogP contribution in [0.2, 0.25) is 0 Å². The maximum Gasteiger partial charge on any atom is 0.261 e. The minimum atomic E-state index is -0.542. The summed E-state index contributed by atoms with van der Waals surface area (Å²) in [7, 11) is 2.14. The summed E-state index contributed by atoms with van der Waals surface area (Å²) < 4.78 is 11.7. The molecule has 27 heavy (non-hydrogen) atoms. The molecule has 0 spiro atoms. The molecule has 1 aliphatic heterocycles. The first-order chi connectivity index (χ1) is 13.1. The van der Waals surface area contributed by atoms with Crippen molar-refractivity contribution in [1.82, 2.24) is 10.2 Å². The molecule has 5 nitrogen and oxygen atoms in total. The van der Waals surface area contributed by atoms with Gasteiger partial charge in [0.1, 0.15) is 17.6 Å². The van der Waals surface area contributed by atoms with E-state index in [9.17, 15) is 4.79 Å². The molecule has 5 heteroatoms. The van der Waals surface area contributed by atoms with Gasteiger partial charge in [-0.1, -0.05) is 30.3 Å². The molecule has 0 saturated carbocycles. The summed E-state index contributed by atoms with van der Waals surface area (Å²) in [5.74, 6) is 1.45. The van der Waals surface area contributed by atoms with Gasteiger partial charge in [-0.25, -0.2) is 0 Å². The predicted octanol–water partition coefficient (Wildman–Crippen LogP) is 3.24. The molecule has 1 saturated heterocycles. The Labute approximate surface area is 161 Å². The average molecular weight is 368 g/mol. The molecule has 0 aromatic heterocycles. The van der Waals surface area contributed by atoms with E-state index in [4.69, 9.17) is 9.47 Å². The minimum absolute atomic E-state index is 0.134. The van der Waals surface area contributed by atoms with E-state index in [1.54, 1.807) is 6.92 Å². The number of hydrogen-bond donors (Lipinski definition) is 1. The molecule has 1 fully saturated rings. The normalized spacial score (nSPS) is 16.5. The van der Waals surface area contributed by atoms with E-state index in [1.807, 2.05) is 54.6 Å². The van der Waals surface area contributed by atoms with Crippen LogP contribution in [0, 0.1) is 0 Å². The summed E-state index contributed by atoms with van der Waals surface area (Å²) in [4.78, 5) is 14.5. The summed E-state index contributed by atoms with van der Waals surface area (Å²) in [6.07, 6.45) is 1.88. The molecular formula is C22H28N2O3. The van der Waals surface area contributed by atoms with Gasteiger partial charge in [0, 0.05) is 19.6 Å². The maximum absolute atomic E-state index is 12.2. The molecule has 1 atom stereocenters. The number of rotatable bonds is 7. The maximum atomic E-state index is 12.2. The van der Waals surface area contributed by atoms with E-state index >= 15 is 0 Å². The van der Waals surface area contributed by atoms with Gasteiger partial charge in [0.15, 0.2) is 6.10 Å². The molecule has 2 aromatic rings. The Kier molecular flexibility index (Phi) is 6.71. The highest BCUT2D eigenvalue weighted by Gasteiger charge is 2.18. The lowest BCUT2D eigenvalue weighted by molar-refractivity contribution is -0.127. The summed E-state index contributed by atoms with van der Waals surface area (Å²) in [5, 5.41) is 2.91. The fraction of sp³-hybridized carbons (Fsp3) is 0.409. The van der Waals surface area contributed by atoms with Crippen molar-refractivity contribution in [1.29, 1.82) is 0 Å². The number of para-hydroxylation sites is 1. The Balaban J connectivity index is 1.43. The highest BCUT2D eigenvalue weighted by atomic mass is 16.5. The third-order valence-electron chi connectivity index (χ3n) is 4.78. The monoisotopic (exact) mass is 368 g/mol. The molecule has 2 aromatic carbocycles. The quantitative estimate of drug-likeness (QED) is 0.815. The molecule has 1 aliphatic rings. The van der Waals surface area contributed by atoms with Crippen LogP contribution >= 0.6 is 0 Å². The minimum Gasteiger partial charge on any atom is -0.490 e. The van der Waals surface area contributed by atoms with Crippen LogP contribution in [0.1, 0.15) is 25.3 Å². The molecule has 3 rings (SSSR count). The average Bonchev–Trinajstić information content (AvgIpc) is 2.69. The molecule has 144 valence electrons. The zero-order valence-corrected chi connectivity index (χ0v) is 16.1. The Morgan fingerprint density at radius 2 is 1.74 bits per heavy atom. The second-order valence-electron chi connectivity index (χ2n) is 7.06. The first-order valence-corrected chi connectivity index (χ1v) is 9.54. The van der Waals surface area contributed by atoms with Gasteiger partial charge < -0.3 is 19.7 Å². The van der Waals surface area contributed by atoms with E-state index < -0.39 is 6.10 Å². The summed E-state index contributed by atoms with van der Waals surface area (Å²) in [6, 6.07) is 17.3. The third kappa shape index (κ3) is 6.00. The third-order valence-corrected chi connectivity index (χ3v) is 4.78. The van der Waals surface area contributed by atoms with E-state index in [-0.39, 0.29) is 5.91 Å². The molecule has 1 N–H and O–H groups in total. The van der Waals surface area contributed by atoms with E-state index in [2.05, 4.69) is 17.3 Å². The van der Waals surface area contributed by atoms with Crippen LogP contribution in [0.4, 0.5) is 0 Å². The number of nitrogens with one attached hydrogen (secondary N) is 1. The predicted molar refractivity (Wildman–Crippen MR) is 106 cm³/mol. The number of ether oxygens (including phenoxy) is 2. The van der Waals surface area contributed by atoms with Crippen molar-refractivity contribution < 1.29 is 14.3 Å². The number of benzene rings is 2. The molecule has 0 radical (unpaired) electrons. The standard InChI is InChI=1S/C22H28N2O3/c1-17(26-19-6-4-3-5-7-19)22(25)23-16-18-8-10-20(11-9-18)27-21-12-14-24(2)15-13-21/h3-11,17,21H,12-16H2,1-2H3,(H,23,25). The second kappa shape index (κ2) is 9.42. The highest BCUT2D eigenvalue weighted by molar-refractivity contribution is 5.80. The first kappa shape index (κ1) is 19.2. The molecule has 1 unspecified atom stereocenters. The van der Waals surface area contributed by atoms with Crippen LogP contribution in [-0.2, 0) is 11.3 Å². The number of piperidine rings is 1. The van der Waals surface area contributed by atoms with Gasteiger partial charge >= 0.3 is 0 Å². The molecule has 0 aliphatic carbocycles. The number of amides is 1. The molecule has 0 bridgehead atoms. The van der Waals surface area contributed by atoms with Crippen molar-refractivity contribution in [3.05, 3.63) is 60.2 Å². The zero-order chi connectivity index (χ0) is 19.1. The van der Waals surface area contributed by atoms with Gasteiger partial charge in [-0.05, 0) is 56.6 Å². The Morgan fingerprint density at radius 3 is 2.41 bits per heavy atom. The fourth-order valence-corrected chi connectivity index (χ4v) is 3.07. The SMILES string of the molecule is CC(Oc1ccccc1)C(=O)NCc1ccc(OC2CCN(C)CC2)cc1. The van der Waals surface area contributed by atoms with Gasteiger partial charge in [0.2, 0.25) is 0 Å². The van der Waals surface area contributed by atoms with Crippen molar-refractivity contribution in [2.75, 3.05) is 20.1 Å². The van der Waals surface area contributed by atoms with E-state index in [0.29, 0.717) is 18.4 Å². The van der Waals surface area contributed by atoms with Crippen LogP contribution in [0.3, 0.4) is 0 Å². The number of carbonyl (C=O) groups is 1. The van der Waals surface area contributed by atoms with Crippen molar-refractivity contribution >= 4 is 5.91 Å². The second-order valence-corrected chi connectivity index (χ2v) is 7.06. The van der Waals surface area contributed by atoms with Crippen molar-refractivity contribution in [3.63, 3.8) is 0 Å². The largest absolute Gasteiger partial charge is 0.490 e. The molecule has 1 amide bonds. The van der Waals surface area contributed by atoms with Crippen LogP contribution in [0.5, 0.6) is 11.5 Å². The highest BCUT2D eigenvalue weighted by Crippen LogP contribution is 2.19. The lowest BCUT2D eigenvalue weighted by Crippen LogP contribution is -2.36. The van der Waals surface area contributed by atoms with Crippen LogP contribution < -0.4 is 14.8 Å². The Morgan fingerprint density at radius 1 is 1.07 bits per heavy atom. The summed E-state index contributed by atoms with van der Waals surface area (Å²) >= 11 is 0. The van der Waals surface area contributed by atoms with Crippen molar-refractivity contribution in [2.45, 2.75) is 38.5 Å². The number of nitrogens with zero attached hydrogens (tertiary/aromatic N) is 1. The van der Waals surface area contributed by atoms with Gasteiger partial charge in [-0.2, -0.15) is 0 Å². The summed E-state index contributed by atoms with van der Waals surface area (Å²) in [5.41, 5.74) is 1.03. The Hall–Kier alpha value is -2.53. The number of hydrogen-bond acceptors (Lipinski definition) is 4. The van der Waals surface area contributed by atoms with Gasteiger partial charge in [0.25, 0.3) is 5.91 Å². The lowest BCUT2D eigenvalue weighted by Gasteiger charge is -2.29. The topological polar surface area (TPSA) is 50.8 Å². The molecular weight excluding hydrogens is 340 g/mol. The number of carbonyl (C=O) groups excluding carboxylic acids is 1. The van der Waals surface area contributed by atoms with E-state index in [1.165, 1.54) is 0 Å². The lowest BCUT2D eigenvalue weighted by atomic mass is 10.1. The van der Waals surface area contributed by atoms with Gasteiger partial charge in [-0.15, -0.1) is 0 Å². The smallest absolute Gasteiger partial charge is 0.261 e. The number of likely N-dealkylation sites (tertiary alicyclic amines) is 1. The first-order valence-electron chi connectivity index (χ1n) is 9.54. The van der Waals surface area contributed by atoms with Gasteiger partial charge in [-0.3, -0.25) is 4.79 Å². The van der Waals surface area contributed by atoms with Crippen LogP contribution in [-0.4, -0.2) is 43.2 Å². The van der Waals surface area contributed by atoms with Crippen LogP contribution in [0.25, 0.3) is 0 Å². The summed E-state index contributed by atoms with van der Waals surface area (Å²) in [6.45, 7) is 4.38. The van der Waals surface area contributed by atoms with Crippen molar-refractivity contribution in [3.8, 4) is 11.5 Å². The van der Waals surface area contributed by atoms with E-state index in [0.717, 1.165) is 37.2 Å². The fourth-order valence-electron chi connectivity index (χ4n) is 3.07. The van der Waals surface area contributed by atoms with Gasteiger partial charge in [0.05, 0.1) is 0 Å². The van der Waals surface area contributed by atoms with Crippen molar-refractivity contribution in [2.24, 2.45) is 0 Å². The zero-order valence-electron chi connectivity index (χ0n) is 16.1. The van der Waals surface area contributed by atoms with Crippen LogP contribution in [0.15, 0.2) is 54.6 Å².